The lowest BCUT2D eigenvalue weighted by molar-refractivity contribution is -0.0361. The molecule has 0 saturated heterocycles. The first-order chi connectivity index (χ1) is 9.50. The Hall–Kier alpha value is -0.710. The van der Waals surface area contributed by atoms with Gasteiger partial charge in [-0.15, -0.1) is 0 Å². The number of aliphatic hydroxyl groups is 1. The van der Waals surface area contributed by atoms with Crippen molar-refractivity contribution in [3.63, 3.8) is 0 Å². The van der Waals surface area contributed by atoms with Crippen LogP contribution < -0.4 is 0 Å². The second-order valence-corrected chi connectivity index (χ2v) is 6.96. The summed E-state index contributed by atoms with van der Waals surface area (Å²) < 4.78 is 27.1. The van der Waals surface area contributed by atoms with Gasteiger partial charge < -0.3 is 18.9 Å². The van der Waals surface area contributed by atoms with Crippen molar-refractivity contribution in [3.05, 3.63) is 35.9 Å². The van der Waals surface area contributed by atoms with Crippen molar-refractivity contribution < 1.29 is 23.5 Å². The van der Waals surface area contributed by atoms with Crippen molar-refractivity contribution in [1.29, 1.82) is 0 Å². The van der Waals surface area contributed by atoms with E-state index in [1.807, 2.05) is 30.3 Å². The maximum absolute atomic E-state index is 11.9. The Morgan fingerprint density at radius 2 is 1.80 bits per heavy atom. The summed E-state index contributed by atoms with van der Waals surface area (Å²) in [7, 11) is -0.389. The molecule has 0 unspecified atom stereocenters. The fourth-order valence-electron chi connectivity index (χ4n) is 1.70. The predicted octanol–water partition coefficient (Wildman–Crippen LogP) is 2.83. The molecule has 0 aromatic heterocycles. The molecule has 2 atom stereocenters. The fourth-order valence-corrected chi connectivity index (χ4v) is 2.79. The van der Waals surface area contributed by atoms with Crippen molar-refractivity contribution in [1.82, 2.24) is 0 Å². The van der Waals surface area contributed by atoms with Gasteiger partial charge in [-0.2, -0.15) is 0 Å². The normalized spacial score (nSPS) is 15.0. The zero-order chi connectivity index (χ0) is 15.0. The smallest absolute Gasteiger partial charge is 0.330 e. The van der Waals surface area contributed by atoms with Crippen molar-refractivity contribution in [3.8, 4) is 0 Å². The van der Waals surface area contributed by atoms with E-state index in [2.05, 4.69) is 0 Å². The van der Waals surface area contributed by atoms with E-state index < -0.39 is 13.7 Å². The third kappa shape index (κ3) is 5.73. The van der Waals surface area contributed by atoms with E-state index in [1.54, 1.807) is 6.92 Å². The van der Waals surface area contributed by atoms with Crippen LogP contribution in [0.1, 0.15) is 18.9 Å². The van der Waals surface area contributed by atoms with Crippen molar-refractivity contribution >= 4 is 7.60 Å². The first-order valence-electron chi connectivity index (χ1n) is 6.55. The number of hydrogen-bond acceptors (Lipinski definition) is 5. The molecule has 1 aromatic carbocycles. The van der Waals surface area contributed by atoms with Gasteiger partial charge in [0.15, 0.2) is 0 Å². The zero-order valence-electron chi connectivity index (χ0n) is 12.2. The Labute approximate surface area is 120 Å². The summed E-state index contributed by atoms with van der Waals surface area (Å²) in [6, 6.07) is 9.74. The fraction of sp³-hybridized carbons (Fsp3) is 0.571. The summed E-state index contributed by atoms with van der Waals surface area (Å²) in [5, 5.41) is 9.99. The van der Waals surface area contributed by atoms with Gasteiger partial charge in [-0.3, -0.25) is 4.57 Å². The molecule has 1 aromatic rings. The van der Waals surface area contributed by atoms with Crippen molar-refractivity contribution in [2.45, 2.75) is 32.2 Å². The molecule has 0 heterocycles. The molecule has 1 rings (SSSR count). The van der Waals surface area contributed by atoms with Gasteiger partial charge >= 0.3 is 7.60 Å². The van der Waals surface area contributed by atoms with Crippen LogP contribution in [0.5, 0.6) is 0 Å². The van der Waals surface area contributed by atoms with Crippen LogP contribution >= 0.6 is 7.60 Å². The highest BCUT2D eigenvalue weighted by Crippen LogP contribution is 2.47. The number of rotatable bonds is 9. The summed E-state index contributed by atoms with van der Waals surface area (Å²) in [5.41, 5.74) is 1.05. The molecule has 0 radical (unpaired) electrons. The second-order valence-electron chi connectivity index (χ2n) is 4.56. The van der Waals surface area contributed by atoms with E-state index in [0.29, 0.717) is 13.0 Å². The van der Waals surface area contributed by atoms with E-state index in [0.717, 1.165) is 5.56 Å². The van der Waals surface area contributed by atoms with Gasteiger partial charge in [0.05, 0.1) is 25.0 Å². The molecule has 1 N–H and O–H groups in total. The van der Waals surface area contributed by atoms with E-state index in [-0.39, 0.29) is 12.3 Å². The summed E-state index contributed by atoms with van der Waals surface area (Å²) in [4.78, 5) is 0. The lowest BCUT2D eigenvalue weighted by Crippen LogP contribution is -2.27. The highest BCUT2D eigenvalue weighted by Gasteiger charge is 2.24. The maximum Gasteiger partial charge on any atom is 0.330 e. The molecule has 0 fully saturated rings. The first kappa shape index (κ1) is 17.3. The van der Waals surface area contributed by atoms with Crippen LogP contribution in [-0.2, 0) is 25.0 Å². The summed E-state index contributed by atoms with van der Waals surface area (Å²) >= 11 is 0. The Morgan fingerprint density at radius 1 is 1.20 bits per heavy atom. The van der Waals surface area contributed by atoms with Crippen LogP contribution in [0.15, 0.2) is 30.3 Å². The molecule has 0 spiro atoms. The molecule has 114 valence electrons. The number of benzene rings is 1. The van der Waals surface area contributed by atoms with Crippen LogP contribution in [0.2, 0.25) is 0 Å². The van der Waals surface area contributed by atoms with Gasteiger partial charge in [0.25, 0.3) is 0 Å². The van der Waals surface area contributed by atoms with Crippen molar-refractivity contribution in [2.75, 3.05) is 20.4 Å². The molecule has 0 aliphatic heterocycles. The second kappa shape index (κ2) is 8.55. The van der Waals surface area contributed by atoms with E-state index >= 15 is 0 Å². The minimum Gasteiger partial charge on any atom is -0.390 e. The molecule has 0 aliphatic carbocycles. The van der Waals surface area contributed by atoms with Crippen LogP contribution in [0, 0.1) is 0 Å². The number of ether oxygens (including phenoxy) is 1. The minimum absolute atomic E-state index is 0.167. The Balaban J connectivity index is 2.36. The molecule has 0 aliphatic rings. The SMILES string of the molecule is COP(=O)(CC[C@@H](O)[C@H](C)OCc1ccccc1)OC. The lowest BCUT2D eigenvalue weighted by Gasteiger charge is -2.21. The van der Waals surface area contributed by atoms with Gasteiger partial charge in [0.2, 0.25) is 0 Å². The standard InChI is InChI=1S/C14H23O5P/c1-12(19-11-13-7-5-4-6-8-13)14(15)9-10-20(16,17-2)18-3/h4-8,12,14-15H,9-11H2,1-3H3/t12-,14+/m0/s1. The molecule has 0 bridgehead atoms. The van der Waals surface area contributed by atoms with E-state index in [1.165, 1.54) is 14.2 Å². The maximum atomic E-state index is 11.9. The monoisotopic (exact) mass is 302 g/mol. The highest BCUT2D eigenvalue weighted by molar-refractivity contribution is 7.53. The Morgan fingerprint density at radius 3 is 2.35 bits per heavy atom. The molecule has 5 nitrogen and oxygen atoms in total. The van der Waals surface area contributed by atoms with Gasteiger partial charge in [0, 0.05) is 14.2 Å². The van der Waals surface area contributed by atoms with Crippen LogP contribution in [0.3, 0.4) is 0 Å². The topological polar surface area (TPSA) is 65.0 Å². The third-order valence-electron chi connectivity index (χ3n) is 3.15. The molecule has 0 amide bonds. The zero-order valence-corrected chi connectivity index (χ0v) is 13.1. The van der Waals surface area contributed by atoms with Gasteiger partial charge in [-0.05, 0) is 18.9 Å². The van der Waals surface area contributed by atoms with Gasteiger partial charge in [-0.1, -0.05) is 30.3 Å². The Kier molecular flexibility index (Phi) is 7.41. The molecular formula is C14H23O5P. The summed E-state index contributed by atoms with van der Waals surface area (Å²) in [6.07, 6.45) is -0.593. The van der Waals surface area contributed by atoms with E-state index in [4.69, 9.17) is 13.8 Å². The van der Waals surface area contributed by atoms with Gasteiger partial charge in [0.1, 0.15) is 0 Å². The molecule has 20 heavy (non-hydrogen) atoms. The first-order valence-corrected chi connectivity index (χ1v) is 8.27. The van der Waals surface area contributed by atoms with Crippen LogP contribution in [-0.4, -0.2) is 37.7 Å². The molecule has 0 saturated carbocycles. The summed E-state index contributed by atoms with van der Waals surface area (Å²) in [5.74, 6) is 0. The quantitative estimate of drug-likeness (QED) is 0.711. The van der Waals surface area contributed by atoms with Crippen LogP contribution in [0.4, 0.5) is 0 Å². The average Bonchev–Trinajstić information content (AvgIpc) is 2.50. The third-order valence-corrected chi connectivity index (χ3v) is 5.07. The van der Waals surface area contributed by atoms with Crippen LogP contribution in [0.25, 0.3) is 0 Å². The summed E-state index contributed by atoms with van der Waals surface area (Å²) in [6.45, 7) is 2.23. The van der Waals surface area contributed by atoms with E-state index in [9.17, 15) is 9.67 Å². The van der Waals surface area contributed by atoms with Crippen molar-refractivity contribution in [2.24, 2.45) is 0 Å². The average molecular weight is 302 g/mol. The highest BCUT2D eigenvalue weighted by atomic mass is 31.2. The number of aliphatic hydroxyl groups excluding tert-OH is 1. The predicted molar refractivity (Wildman–Crippen MR) is 77.8 cm³/mol. The largest absolute Gasteiger partial charge is 0.390 e. The number of hydrogen-bond donors (Lipinski definition) is 1. The Bertz CT molecular complexity index is 415. The molecular weight excluding hydrogens is 279 g/mol. The minimum atomic E-state index is -3.07. The van der Waals surface area contributed by atoms with Gasteiger partial charge in [-0.25, -0.2) is 0 Å². The molecule has 6 heteroatoms. The lowest BCUT2D eigenvalue weighted by atomic mass is 10.2.